The second-order valence-corrected chi connectivity index (χ2v) is 7.45. The number of hydrogen-bond acceptors (Lipinski definition) is 4. The Balaban J connectivity index is 1.63. The molecule has 25 heavy (non-hydrogen) atoms. The van der Waals surface area contributed by atoms with Crippen molar-refractivity contribution in [3.8, 4) is 0 Å². The molecular weight excluding hydrogens is 318 g/mol. The number of likely N-dealkylation sites (tertiary alicyclic amines) is 1. The first-order valence-corrected chi connectivity index (χ1v) is 8.76. The Hall–Kier alpha value is -2.37. The van der Waals surface area contributed by atoms with E-state index in [9.17, 15) is 14.4 Å². The second-order valence-electron chi connectivity index (χ2n) is 7.45. The molecule has 2 aliphatic heterocycles. The van der Waals surface area contributed by atoms with Crippen molar-refractivity contribution in [3.63, 3.8) is 0 Å². The van der Waals surface area contributed by atoms with Crippen LogP contribution in [-0.2, 0) is 14.4 Å². The van der Waals surface area contributed by atoms with Crippen LogP contribution in [0.2, 0.25) is 0 Å². The first-order valence-electron chi connectivity index (χ1n) is 8.76. The Labute approximate surface area is 148 Å². The Bertz CT molecular complexity index is 678. The number of para-hydroxylation sites is 1. The molecule has 0 aromatic heterocycles. The van der Waals surface area contributed by atoms with Crippen LogP contribution in [-0.4, -0.2) is 59.7 Å². The fourth-order valence-corrected chi connectivity index (χ4v) is 3.57. The molecule has 2 saturated heterocycles. The van der Waals surface area contributed by atoms with Gasteiger partial charge in [-0.1, -0.05) is 32.0 Å². The first kappa shape index (κ1) is 17.5. The van der Waals surface area contributed by atoms with Crippen LogP contribution in [0.1, 0.15) is 27.2 Å². The average molecular weight is 343 g/mol. The maximum atomic E-state index is 12.8. The number of carbonyl (C=O) groups is 3. The summed E-state index contributed by atoms with van der Waals surface area (Å²) in [6.07, 6.45) is 0.172. The highest BCUT2D eigenvalue weighted by Crippen LogP contribution is 2.33. The van der Waals surface area contributed by atoms with Crippen molar-refractivity contribution in [1.82, 2.24) is 9.80 Å². The third-order valence-corrected chi connectivity index (χ3v) is 5.12. The van der Waals surface area contributed by atoms with Gasteiger partial charge < -0.3 is 9.80 Å². The van der Waals surface area contributed by atoms with Gasteiger partial charge in [-0.2, -0.15) is 0 Å². The normalized spacial score (nSPS) is 21.6. The minimum Gasteiger partial charge on any atom is -0.368 e. The van der Waals surface area contributed by atoms with E-state index >= 15 is 0 Å². The number of amides is 3. The molecule has 1 atom stereocenters. The molecule has 3 rings (SSSR count). The van der Waals surface area contributed by atoms with Crippen LogP contribution in [0.25, 0.3) is 0 Å². The molecule has 2 heterocycles. The number of anilines is 1. The predicted octanol–water partition coefficient (Wildman–Crippen LogP) is 1.51. The highest BCUT2D eigenvalue weighted by atomic mass is 16.2. The lowest BCUT2D eigenvalue weighted by Gasteiger charge is -2.38. The van der Waals surface area contributed by atoms with E-state index in [0.717, 1.165) is 23.7 Å². The molecule has 134 valence electrons. The fraction of sp³-hybridized carbons (Fsp3) is 0.526. The van der Waals surface area contributed by atoms with Crippen molar-refractivity contribution >= 4 is 23.4 Å². The molecule has 0 bridgehead atoms. The quantitative estimate of drug-likeness (QED) is 0.781. The lowest BCUT2D eigenvalue weighted by molar-refractivity contribution is -0.151. The molecule has 2 fully saturated rings. The zero-order valence-corrected chi connectivity index (χ0v) is 15.1. The van der Waals surface area contributed by atoms with Gasteiger partial charge in [0.2, 0.25) is 17.7 Å². The number of carbonyl (C=O) groups excluding carboxylic acids is 3. The Kier molecular flexibility index (Phi) is 4.54. The molecular formula is C19H25N3O3. The summed E-state index contributed by atoms with van der Waals surface area (Å²) in [5.41, 5.74) is 0.437. The summed E-state index contributed by atoms with van der Waals surface area (Å²) in [7, 11) is 0. The van der Waals surface area contributed by atoms with Crippen LogP contribution in [0.5, 0.6) is 0 Å². The highest BCUT2D eigenvalue weighted by molar-refractivity contribution is 6.08. The summed E-state index contributed by atoms with van der Waals surface area (Å²) in [5, 5.41) is 0. The minimum absolute atomic E-state index is 0.146. The van der Waals surface area contributed by atoms with Crippen molar-refractivity contribution < 1.29 is 14.4 Å². The van der Waals surface area contributed by atoms with E-state index in [-0.39, 0.29) is 24.1 Å². The van der Waals surface area contributed by atoms with Gasteiger partial charge in [-0.05, 0) is 19.1 Å². The summed E-state index contributed by atoms with van der Waals surface area (Å²) in [4.78, 5) is 42.6. The largest absolute Gasteiger partial charge is 0.368 e. The lowest BCUT2D eigenvalue weighted by atomic mass is 9.92. The average Bonchev–Trinajstić information content (AvgIpc) is 2.82. The number of hydrogen-bond donors (Lipinski definition) is 0. The molecule has 6 heteroatoms. The number of nitrogens with zero attached hydrogens (tertiary/aromatic N) is 3. The number of rotatable bonds is 3. The van der Waals surface area contributed by atoms with Gasteiger partial charge in [0.05, 0.1) is 5.41 Å². The van der Waals surface area contributed by atoms with E-state index in [1.54, 1.807) is 25.7 Å². The summed E-state index contributed by atoms with van der Waals surface area (Å²) in [6.45, 7) is 7.84. The Morgan fingerprint density at radius 1 is 1.04 bits per heavy atom. The van der Waals surface area contributed by atoms with Crippen molar-refractivity contribution in [2.24, 2.45) is 5.41 Å². The molecule has 0 aliphatic carbocycles. The summed E-state index contributed by atoms with van der Waals surface area (Å²) in [6, 6.07) is 9.37. The maximum absolute atomic E-state index is 12.8. The van der Waals surface area contributed by atoms with Gasteiger partial charge in [-0.15, -0.1) is 0 Å². The summed E-state index contributed by atoms with van der Waals surface area (Å²) in [5.74, 6) is -0.646. The third kappa shape index (κ3) is 3.25. The highest BCUT2D eigenvalue weighted by Gasteiger charge is 2.48. The molecule has 0 N–H and O–H groups in total. The molecule has 0 spiro atoms. The SMILES string of the molecule is CC(C(=O)N1CCN(c2ccccc2)CC1)N1C(=O)CC(C)(C)C1=O. The Morgan fingerprint density at radius 2 is 1.64 bits per heavy atom. The van der Waals surface area contributed by atoms with Gasteiger partial charge in [0.25, 0.3) is 0 Å². The molecule has 0 radical (unpaired) electrons. The third-order valence-electron chi connectivity index (χ3n) is 5.12. The maximum Gasteiger partial charge on any atom is 0.245 e. The van der Waals surface area contributed by atoms with Crippen LogP contribution in [0, 0.1) is 5.41 Å². The molecule has 6 nitrogen and oxygen atoms in total. The predicted molar refractivity (Wildman–Crippen MR) is 94.9 cm³/mol. The summed E-state index contributed by atoms with van der Waals surface area (Å²) < 4.78 is 0. The van der Waals surface area contributed by atoms with Gasteiger partial charge in [0.1, 0.15) is 6.04 Å². The molecule has 1 unspecified atom stereocenters. The fourth-order valence-electron chi connectivity index (χ4n) is 3.57. The number of imide groups is 1. The van der Waals surface area contributed by atoms with Gasteiger partial charge in [-0.25, -0.2) is 0 Å². The molecule has 1 aromatic carbocycles. The lowest BCUT2D eigenvalue weighted by Crippen LogP contribution is -2.55. The van der Waals surface area contributed by atoms with Gasteiger partial charge >= 0.3 is 0 Å². The topological polar surface area (TPSA) is 60.9 Å². The van der Waals surface area contributed by atoms with Crippen molar-refractivity contribution in [2.45, 2.75) is 33.2 Å². The monoisotopic (exact) mass is 343 g/mol. The smallest absolute Gasteiger partial charge is 0.245 e. The van der Waals surface area contributed by atoms with Gasteiger partial charge in [0, 0.05) is 38.3 Å². The first-order chi connectivity index (χ1) is 11.8. The summed E-state index contributed by atoms with van der Waals surface area (Å²) >= 11 is 0. The second kappa shape index (κ2) is 6.50. The molecule has 1 aromatic rings. The van der Waals surface area contributed by atoms with E-state index in [0.29, 0.717) is 13.1 Å². The number of benzene rings is 1. The van der Waals surface area contributed by atoms with Crippen molar-refractivity contribution in [2.75, 3.05) is 31.1 Å². The van der Waals surface area contributed by atoms with Crippen LogP contribution in [0.4, 0.5) is 5.69 Å². The van der Waals surface area contributed by atoms with Crippen LogP contribution < -0.4 is 4.90 Å². The zero-order valence-electron chi connectivity index (χ0n) is 15.1. The van der Waals surface area contributed by atoms with Gasteiger partial charge in [0.15, 0.2) is 0 Å². The Morgan fingerprint density at radius 3 is 2.16 bits per heavy atom. The van der Waals surface area contributed by atoms with E-state index in [1.807, 2.05) is 18.2 Å². The van der Waals surface area contributed by atoms with E-state index < -0.39 is 11.5 Å². The number of piperazine rings is 1. The van der Waals surface area contributed by atoms with E-state index in [4.69, 9.17) is 0 Å². The minimum atomic E-state index is -0.731. The molecule has 2 aliphatic rings. The van der Waals surface area contributed by atoms with E-state index in [1.165, 1.54) is 0 Å². The van der Waals surface area contributed by atoms with Crippen LogP contribution in [0.3, 0.4) is 0 Å². The van der Waals surface area contributed by atoms with E-state index in [2.05, 4.69) is 17.0 Å². The zero-order chi connectivity index (χ0) is 18.2. The van der Waals surface area contributed by atoms with Crippen molar-refractivity contribution in [3.05, 3.63) is 30.3 Å². The van der Waals surface area contributed by atoms with Crippen LogP contribution >= 0.6 is 0 Å². The van der Waals surface area contributed by atoms with Gasteiger partial charge in [-0.3, -0.25) is 19.3 Å². The van der Waals surface area contributed by atoms with Crippen LogP contribution in [0.15, 0.2) is 30.3 Å². The molecule has 0 saturated carbocycles. The van der Waals surface area contributed by atoms with Crippen molar-refractivity contribution in [1.29, 1.82) is 0 Å². The standard InChI is InChI=1S/C19H25N3O3/c1-14(22-16(23)13-19(2,3)18(22)25)17(24)21-11-9-20(10-12-21)15-7-5-4-6-8-15/h4-8,14H,9-13H2,1-3H3. The molecule has 3 amide bonds.